The Bertz CT molecular complexity index is 1060. The zero-order valence-electron chi connectivity index (χ0n) is 14.5. The van der Waals surface area contributed by atoms with Crippen molar-refractivity contribution in [3.8, 4) is 0 Å². The number of nitrogens with zero attached hydrogens (tertiary/aromatic N) is 2. The van der Waals surface area contributed by atoms with E-state index in [2.05, 4.69) is 10.3 Å². The van der Waals surface area contributed by atoms with Crippen molar-refractivity contribution in [3.05, 3.63) is 63.3 Å². The minimum Gasteiger partial charge on any atom is -0.456 e. The lowest BCUT2D eigenvalue weighted by molar-refractivity contribution is -0.114. The van der Waals surface area contributed by atoms with E-state index < -0.39 is 11.5 Å². The highest BCUT2D eigenvalue weighted by molar-refractivity contribution is 5.94. The van der Waals surface area contributed by atoms with Crippen LogP contribution < -0.4 is 10.9 Å². The van der Waals surface area contributed by atoms with E-state index in [1.54, 1.807) is 31.2 Å². The Balaban J connectivity index is 1.76. The van der Waals surface area contributed by atoms with Gasteiger partial charge in [-0.1, -0.05) is 6.07 Å². The molecule has 0 aliphatic rings. The highest BCUT2D eigenvalue weighted by Gasteiger charge is 2.12. The van der Waals surface area contributed by atoms with E-state index in [1.807, 2.05) is 6.92 Å². The lowest BCUT2D eigenvalue weighted by Gasteiger charge is -2.09. The summed E-state index contributed by atoms with van der Waals surface area (Å²) in [7, 11) is 0. The van der Waals surface area contributed by atoms with E-state index in [0.717, 1.165) is 10.1 Å². The summed E-state index contributed by atoms with van der Waals surface area (Å²) < 4.78 is 11.5. The lowest BCUT2D eigenvalue weighted by atomic mass is 10.1. The largest absolute Gasteiger partial charge is 0.456 e. The first kappa shape index (κ1) is 17.4. The molecule has 1 N–H and O–H groups in total. The molecular formula is C18H17N3O5. The molecule has 26 heavy (non-hydrogen) atoms. The number of hydrogen-bond acceptors (Lipinski definition) is 6. The van der Waals surface area contributed by atoms with Gasteiger partial charge in [-0.25, -0.2) is 9.78 Å². The quantitative estimate of drug-likeness (QED) is 0.720. The van der Waals surface area contributed by atoms with E-state index in [4.69, 9.17) is 9.26 Å². The Labute approximate surface area is 148 Å². The summed E-state index contributed by atoms with van der Waals surface area (Å²) in [6, 6.07) is 7.73. The van der Waals surface area contributed by atoms with E-state index >= 15 is 0 Å². The second-order valence-electron chi connectivity index (χ2n) is 5.87. The van der Waals surface area contributed by atoms with Gasteiger partial charge < -0.3 is 14.6 Å². The summed E-state index contributed by atoms with van der Waals surface area (Å²) in [5.74, 6) is -0.261. The fraction of sp³-hybridized carbons (Fsp3) is 0.222. The second kappa shape index (κ2) is 6.83. The average molecular weight is 355 g/mol. The van der Waals surface area contributed by atoms with Gasteiger partial charge in [0, 0.05) is 24.7 Å². The van der Waals surface area contributed by atoms with Crippen LogP contribution in [-0.4, -0.2) is 21.4 Å². The molecule has 1 amide bonds. The van der Waals surface area contributed by atoms with Gasteiger partial charge in [-0.15, -0.1) is 4.57 Å². The van der Waals surface area contributed by atoms with E-state index in [-0.39, 0.29) is 18.1 Å². The monoisotopic (exact) mass is 355 g/mol. The molecule has 0 radical (unpaired) electrons. The first-order chi connectivity index (χ1) is 12.3. The first-order valence-corrected chi connectivity index (χ1v) is 7.88. The van der Waals surface area contributed by atoms with Crippen LogP contribution in [0, 0.1) is 13.8 Å². The maximum atomic E-state index is 12.3. The third-order valence-corrected chi connectivity index (χ3v) is 3.66. The number of nitrogens with one attached hydrogen (secondary N) is 1. The van der Waals surface area contributed by atoms with Gasteiger partial charge in [0.05, 0.1) is 11.3 Å². The normalized spacial score (nSPS) is 10.7. The Hall–Kier alpha value is -3.42. The highest BCUT2D eigenvalue weighted by Crippen LogP contribution is 2.18. The number of amides is 1. The molecule has 0 atom stereocenters. The van der Waals surface area contributed by atoms with Crippen LogP contribution in [0.2, 0.25) is 0 Å². The molecule has 3 rings (SSSR count). The lowest BCUT2D eigenvalue weighted by Crippen LogP contribution is -2.15. The summed E-state index contributed by atoms with van der Waals surface area (Å²) in [6.07, 6.45) is 0. The third kappa shape index (κ3) is 3.64. The molecule has 0 aliphatic heterocycles. The number of aromatic nitrogens is 2. The number of esters is 1. The van der Waals surface area contributed by atoms with Crippen LogP contribution in [0.3, 0.4) is 0 Å². The van der Waals surface area contributed by atoms with Crippen LogP contribution in [0.4, 0.5) is 5.69 Å². The van der Waals surface area contributed by atoms with Gasteiger partial charge >= 0.3 is 5.97 Å². The predicted octanol–water partition coefficient (Wildman–Crippen LogP) is 2.22. The highest BCUT2D eigenvalue weighted by atomic mass is 16.5. The number of aryl methyl sites for hydroxylation is 2. The molecule has 0 aliphatic carbocycles. The zero-order valence-corrected chi connectivity index (χ0v) is 14.5. The fourth-order valence-electron chi connectivity index (χ4n) is 2.44. The van der Waals surface area contributed by atoms with Crippen molar-refractivity contribution in [1.82, 2.24) is 9.56 Å². The van der Waals surface area contributed by atoms with Crippen LogP contribution in [0.5, 0.6) is 0 Å². The molecule has 8 heteroatoms. The predicted molar refractivity (Wildman–Crippen MR) is 93.1 cm³/mol. The van der Waals surface area contributed by atoms with E-state index in [1.165, 1.54) is 13.0 Å². The van der Waals surface area contributed by atoms with Crippen molar-refractivity contribution < 1.29 is 18.8 Å². The molecule has 0 bridgehead atoms. The summed E-state index contributed by atoms with van der Waals surface area (Å²) in [5.41, 5.74) is 1.93. The average Bonchev–Trinajstić information content (AvgIpc) is 2.95. The Kier molecular flexibility index (Phi) is 4.57. The molecule has 134 valence electrons. The van der Waals surface area contributed by atoms with Gasteiger partial charge in [-0.2, -0.15) is 0 Å². The van der Waals surface area contributed by atoms with Crippen molar-refractivity contribution in [1.29, 1.82) is 0 Å². The molecule has 0 saturated carbocycles. The summed E-state index contributed by atoms with van der Waals surface area (Å²) in [4.78, 5) is 39.7. The molecule has 3 aromatic rings. The smallest absolute Gasteiger partial charge is 0.338 e. The van der Waals surface area contributed by atoms with Crippen LogP contribution in [-0.2, 0) is 16.1 Å². The molecule has 0 fully saturated rings. The summed E-state index contributed by atoms with van der Waals surface area (Å²) >= 11 is 0. The van der Waals surface area contributed by atoms with Crippen LogP contribution in [0.25, 0.3) is 5.65 Å². The number of fused-ring (bicyclic) bond motifs is 1. The van der Waals surface area contributed by atoms with E-state index in [0.29, 0.717) is 22.8 Å². The van der Waals surface area contributed by atoms with Crippen LogP contribution in [0.15, 0.2) is 39.6 Å². The topological polar surface area (TPSA) is 103 Å². The molecule has 0 unspecified atom stereocenters. The van der Waals surface area contributed by atoms with Crippen LogP contribution >= 0.6 is 0 Å². The molecule has 1 aromatic carbocycles. The number of hydrogen-bond donors (Lipinski definition) is 1. The molecule has 8 nitrogen and oxygen atoms in total. The minimum atomic E-state index is -0.582. The Morgan fingerprint density at radius 2 is 2.00 bits per heavy atom. The number of ether oxygens (including phenoxy) is 1. The zero-order chi connectivity index (χ0) is 18.8. The number of rotatable bonds is 4. The van der Waals surface area contributed by atoms with Gasteiger partial charge in [-0.3, -0.25) is 9.59 Å². The van der Waals surface area contributed by atoms with Crippen LogP contribution in [0.1, 0.15) is 34.3 Å². The standard InChI is InChI=1S/C18H17N3O5/c1-10-4-5-13(7-15(10)19-12(3)22)18(24)25-9-14-8-17(23)21-16(20-14)6-11(2)26-21/h4-8H,9H2,1-3H3,(H,19,22). The maximum Gasteiger partial charge on any atom is 0.338 e. The molecule has 0 spiro atoms. The number of carbonyl (C=O) groups is 2. The molecule has 2 aromatic heterocycles. The fourth-order valence-corrected chi connectivity index (χ4v) is 2.44. The number of benzene rings is 1. The number of anilines is 1. The van der Waals surface area contributed by atoms with Crippen molar-refractivity contribution in [2.24, 2.45) is 0 Å². The Morgan fingerprint density at radius 3 is 2.73 bits per heavy atom. The van der Waals surface area contributed by atoms with Gasteiger partial charge in [0.1, 0.15) is 12.4 Å². The van der Waals surface area contributed by atoms with Crippen molar-refractivity contribution in [3.63, 3.8) is 0 Å². The third-order valence-electron chi connectivity index (χ3n) is 3.66. The maximum absolute atomic E-state index is 12.3. The first-order valence-electron chi connectivity index (χ1n) is 7.88. The minimum absolute atomic E-state index is 0.155. The summed E-state index contributed by atoms with van der Waals surface area (Å²) in [5, 5.41) is 2.66. The molecule has 0 saturated heterocycles. The number of carbonyl (C=O) groups excluding carboxylic acids is 2. The molecular weight excluding hydrogens is 338 g/mol. The van der Waals surface area contributed by atoms with Gasteiger partial charge in [-0.05, 0) is 31.5 Å². The SMILES string of the molecule is CC(=O)Nc1cc(C(=O)OCc2cc(=O)n3oc(C)cc3n2)ccc1C. The van der Waals surface area contributed by atoms with Crippen molar-refractivity contribution in [2.45, 2.75) is 27.4 Å². The molecule has 2 heterocycles. The van der Waals surface area contributed by atoms with Crippen molar-refractivity contribution >= 4 is 23.2 Å². The van der Waals surface area contributed by atoms with E-state index in [9.17, 15) is 14.4 Å². The summed E-state index contributed by atoms with van der Waals surface area (Å²) in [6.45, 7) is 4.76. The van der Waals surface area contributed by atoms with Gasteiger partial charge in [0.25, 0.3) is 5.56 Å². The second-order valence-corrected chi connectivity index (χ2v) is 5.87. The van der Waals surface area contributed by atoms with Gasteiger partial charge in [0.15, 0.2) is 5.65 Å². The van der Waals surface area contributed by atoms with Gasteiger partial charge in [0.2, 0.25) is 5.91 Å². The van der Waals surface area contributed by atoms with Crippen molar-refractivity contribution in [2.75, 3.05) is 5.32 Å². The Morgan fingerprint density at radius 1 is 1.23 bits per heavy atom.